The molecule has 1 rings (SSSR count). The van der Waals surface area contributed by atoms with E-state index < -0.39 is 0 Å². The molecular weight excluding hydrogens is 316 g/mol. The lowest BCUT2D eigenvalue weighted by Gasteiger charge is -2.31. The number of hydrogen-bond donors (Lipinski definition) is 0. The Morgan fingerprint density at radius 3 is 2.16 bits per heavy atom. The van der Waals surface area contributed by atoms with Crippen LogP contribution in [0.1, 0.15) is 50.7 Å². The predicted octanol–water partition coefficient (Wildman–Crippen LogP) is 6.38. The molecule has 2 heteroatoms. The number of alkyl halides is 1. The van der Waals surface area contributed by atoms with Gasteiger partial charge in [-0.1, -0.05) is 48.7 Å². The van der Waals surface area contributed by atoms with Crippen molar-refractivity contribution in [2.75, 3.05) is 11.1 Å². The van der Waals surface area contributed by atoms with Gasteiger partial charge in [0, 0.05) is 16.0 Å². The van der Waals surface area contributed by atoms with Crippen molar-refractivity contribution < 1.29 is 0 Å². The first-order valence-electron chi connectivity index (χ1n) is 7.33. The van der Waals surface area contributed by atoms with E-state index in [-0.39, 0.29) is 0 Å². The maximum atomic E-state index is 3.76. The summed E-state index contributed by atoms with van der Waals surface area (Å²) in [7, 11) is 0. The number of aryl methyl sites for hydroxylation is 2. The molecule has 0 saturated carbocycles. The van der Waals surface area contributed by atoms with Gasteiger partial charge in [0.05, 0.1) is 0 Å². The zero-order valence-electron chi connectivity index (χ0n) is 12.8. The number of hydrogen-bond acceptors (Lipinski definition) is 1. The third-order valence-electron chi connectivity index (χ3n) is 3.87. The van der Waals surface area contributed by atoms with E-state index in [1.165, 1.54) is 47.5 Å². The quantitative estimate of drug-likeness (QED) is 0.390. The maximum Gasteiger partial charge on any atom is 0.00959 e. The van der Waals surface area contributed by atoms with Crippen LogP contribution in [0.4, 0.5) is 0 Å². The van der Waals surface area contributed by atoms with Crippen LogP contribution in [0.15, 0.2) is 23.1 Å². The summed E-state index contributed by atoms with van der Waals surface area (Å²) in [5.41, 5.74) is 3.26. The van der Waals surface area contributed by atoms with E-state index in [4.69, 9.17) is 0 Å². The van der Waals surface area contributed by atoms with Crippen LogP contribution in [-0.4, -0.2) is 11.1 Å². The van der Waals surface area contributed by atoms with E-state index in [0.29, 0.717) is 5.41 Å². The first-order valence-corrected chi connectivity index (χ1v) is 9.43. The van der Waals surface area contributed by atoms with E-state index in [9.17, 15) is 0 Å². The summed E-state index contributed by atoms with van der Waals surface area (Å²) in [5.74, 6) is 1.22. The monoisotopic (exact) mass is 342 g/mol. The summed E-state index contributed by atoms with van der Waals surface area (Å²) >= 11 is 5.79. The molecular formula is C17H27BrS. The minimum Gasteiger partial charge on any atom is -0.126 e. The lowest BCUT2D eigenvalue weighted by atomic mass is 9.83. The molecule has 1 aromatic rings. The second-order valence-electron chi connectivity index (χ2n) is 5.67. The van der Waals surface area contributed by atoms with Gasteiger partial charge in [0.15, 0.2) is 0 Å². The molecule has 0 aliphatic rings. The minimum atomic E-state index is 0.465. The molecule has 0 amide bonds. The van der Waals surface area contributed by atoms with E-state index in [1.54, 1.807) is 0 Å². The van der Waals surface area contributed by atoms with Crippen molar-refractivity contribution in [1.29, 1.82) is 0 Å². The van der Waals surface area contributed by atoms with Crippen molar-refractivity contribution in [3.63, 3.8) is 0 Å². The Labute approximate surface area is 131 Å². The SMILES string of the molecule is CCCC(CBr)(CCC)CSc1ccc(C)c(C)c1. The van der Waals surface area contributed by atoms with Gasteiger partial charge in [0.1, 0.15) is 0 Å². The van der Waals surface area contributed by atoms with Crippen LogP contribution in [0.2, 0.25) is 0 Å². The van der Waals surface area contributed by atoms with Crippen molar-refractivity contribution in [3.05, 3.63) is 29.3 Å². The van der Waals surface area contributed by atoms with Crippen LogP contribution in [0.5, 0.6) is 0 Å². The summed E-state index contributed by atoms with van der Waals surface area (Å²) in [6.07, 6.45) is 5.20. The number of thioether (sulfide) groups is 1. The first-order chi connectivity index (χ1) is 9.06. The molecule has 108 valence electrons. The Morgan fingerprint density at radius 1 is 1.05 bits per heavy atom. The minimum absolute atomic E-state index is 0.465. The van der Waals surface area contributed by atoms with Gasteiger partial charge in [-0.05, 0) is 55.4 Å². The largest absolute Gasteiger partial charge is 0.126 e. The third-order valence-corrected chi connectivity index (χ3v) is 6.40. The van der Waals surface area contributed by atoms with Gasteiger partial charge < -0.3 is 0 Å². The molecule has 0 heterocycles. The number of halogens is 1. The fourth-order valence-corrected chi connectivity index (χ4v) is 4.85. The highest BCUT2D eigenvalue weighted by Gasteiger charge is 2.27. The summed E-state index contributed by atoms with van der Waals surface area (Å²) in [6, 6.07) is 6.84. The van der Waals surface area contributed by atoms with E-state index in [1.807, 2.05) is 11.8 Å². The summed E-state index contributed by atoms with van der Waals surface area (Å²) in [5, 5.41) is 1.12. The molecule has 0 unspecified atom stereocenters. The molecule has 19 heavy (non-hydrogen) atoms. The molecule has 0 radical (unpaired) electrons. The second-order valence-corrected chi connectivity index (χ2v) is 7.28. The van der Waals surface area contributed by atoms with Gasteiger partial charge in [0.2, 0.25) is 0 Å². The Hall–Kier alpha value is 0.0500. The highest BCUT2D eigenvalue weighted by atomic mass is 79.9. The molecule has 0 aliphatic carbocycles. The van der Waals surface area contributed by atoms with Gasteiger partial charge >= 0.3 is 0 Å². The highest BCUT2D eigenvalue weighted by Crippen LogP contribution is 2.38. The average Bonchev–Trinajstić information content (AvgIpc) is 2.40. The van der Waals surface area contributed by atoms with Crippen LogP contribution in [0.25, 0.3) is 0 Å². The van der Waals surface area contributed by atoms with E-state index in [2.05, 4.69) is 61.8 Å². The molecule has 1 aromatic carbocycles. The fraction of sp³-hybridized carbons (Fsp3) is 0.647. The molecule has 0 atom stereocenters. The van der Waals surface area contributed by atoms with Crippen molar-refractivity contribution in [2.45, 2.75) is 58.3 Å². The average molecular weight is 343 g/mol. The highest BCUT2D eigenvalue weighted by molar-refractivity contribution is 9.09. The Kier molecular flexibility index (Phi) is 7.53. The topological polar surface area (TPSA) is 0 Å². The van der Waals surface area contributed by atoms with Crippen LogP contribution < -0.4 is 0 Å². The molecule has 0 bridgehead atoms. The van der Waals surface area contributed by atoms with Crippen molar-refractivity contribution in [3.8, 4) is 0 Å². The van der Waals surface area contributed by atoms with Gasteiger partial charge in [-0.2, -0.15) is 0 Å². The summed E-state index contributed by atoms with van der Waals surface area (Å²) < 4.78 is 0. The lowest BCUT2D eigenvalue weighted by Crippen LogP contribution is -2.25. The van der Waals surface area contributed by atoms with Crippen molar-refractivity contribution >= 4 is 27.7 Å². The molecule has 0 N–H and O–H groups in total. The Bertz CT molecular complexity index is 381. The second kappa shape index (κ2) is 8.36. The van der Waals surface area contributed by atoms with Crippen LogP contribution in [0, 0.1) is 19.3 Å². The molecule has 0 saturated heterocycles. The van der Waals surface area contributed by atoms with E-state index >= 15 is 0 Å². The van der Waals surface area contributed by atoms with E-state index in [0.717, 1.165) is 5.33 Å². The summed E-state index contributed by atoms with van der Waals surface area (Å²) in [4.78, 5) is 1.42. The van der Waals surface area contributed by atoms with Gasteiger partial charge in [-0.25, -0.2) is 0 Å². The zero-order valence-corrected chi connectivity index (χ0v) is 15.2. The summed E-state index contributed by atoms with van der Waals surface area (Å²) in [6.45, 7) is 8.98. The number of benzene rings is 1. The molecule has 0 aromatic heterocycles. The predicted molar refractivity (Wildman–Crippen MR) is 92.7 cm³/mol. The maximum absolute atomic E-state index is 3.76. The van der Waals surface area contributed by atoms with Gasteiger partial charge in [-0.3, -0.25) is 0 Å². The number of rotatable bonds is 8. The van der Waals surface area contributed by atoms with Crippen LogP contribution in [-0.2, 0) is 0 Å². The lowest BCUT2D eigenvalue weighted by molar-refractivity contribution is 0.320. The molecule has 0 aliphatic heterocycles. The molecule has 0 nitrogen and oxygen atoms in total. The normalized spacial score (nSPS) is 11.8. The van der Waals surface area contributed by atoms with Gasteiger partial charge in [0.25, 0.3) is 0 Å². The Balaban J connectivity index is 2.71. The fourth-order valence-electron chi connectivity index (χ4n) is 2.54. The Morgan fingerprint density at radius 2 is 1.68 bits per heavy atom. The molecule has 0 fully saturated rings. The van der Waals surface area contributed by atoms with Crippen molar-refractivity contribution in [2.24, 2.45) is 5.41 Å². The van der Waals surface area contributed by atoms with Crippen LogP contribution in [0.3, 0.4) is 0 Å². The van der Waals surface area contributed by atoms with Crippen LogP contribution >= 0.6 is 27.7 Å². The van der Waals surface area contributed by atoms with Crippen molar-refractivity contribution in [1.82, 2.24) is 0 Å². The first kappa shape index (κ1) is 17.1. The molecule has 0 spiro atoms. The smallest absolute Gasteiger partial charge is 0.00959 e. The van der Waals surface area contributed by atoms with Gasteiger partial charge in [-0.15, -0.1) is 11.8 Å². The third kappa shape index (κ3) is 5.15. The zero-order chi connectivity index (χ0) is 14.3. The standard InChI is InChI=1S/C17H27BrS/c1-5-9-17(12-18,10-6-2)13-19-16-8-7-14(3)15(4)11-16/h7-8,11H,5-6,9-10,12-13H2,1-4H3.